The number of hydrogen-bond acceptors (Lipinski definition) is 3. The number of hydrogen-bond donors (Lipinski definition) is 1. The molecule has 1 N–H and O–H groups in total. The smallest absolute Gasteiger partial charge is 0.0644 e. The Morgan fingerprint density at radius 1 is 1.33 bits per heavy atom. The second-order valence-corrected chi connectivity index (χ2v) is 5.03. The molecular formula is C12H24O3. The van der Waals surface area contributed by atoms with Crippen molar-refractivity contribution < 1.29 is 14.6 Å². The summed E-state index contributed by atoms with van der Waals surface area (Å²) >= 11 is 0. The normalized spacial score (nSPS) is 28.0. The molecule has 1 rings (SSSR count). The summed E-state index contributed by atoms with van der Waals surface area (Å²) in [6.07, 6.45) is 4.90. The lowest BCUT2D eigenvalue weighted by Gasteiger charge is -2.28. The van der Waals surface area contributed by atoms with Gasteiger partial charge in [0.15, 0.2) is 0 Å². The van der Waals surface area contributed by atoms with Crippen LogP contribution in [0.5, 0.6) is 0 Å². The van der Waals surface area contributed by atoms with Crippen molar-refractivity contribution in [2.75, 3.05) is 13.7 Å². The fraction of sp³-hybridized carbons (Fsp3) is 1.00. The van der Waals surface area contributed by atoms with Gasteiger partial charge in [0.25, 0.3) is 0 Å². The summed E-state index contributed by atoms with van der Waals surface area (Å²) in [5.74, 6) is 0. The van der Waals surface area contributed by atoms with Crippen molar-refractivity contribution in [2.24, 2.45) is 0 Å². The van der Waals surface area contributed by atoms with E-state index in [4.69, 9.17) is 9.47 Å². The average Bonchev–Trinajstić information content (AvgIpc) is 2.18. The van der Waals surface area contributed by atoms with Crippen LogP contribution in [0.3, 0.4) is 0 Å². The maximum Gasteiger partial charge on any atom is 0.0644 e. The van der Waals surface area contributed by atoms with Gasteiger partial charge in [0.05, 0.1) is 17.8 Å². The summed E-state index contributed by atoms with van der Waals surface area (Å²) in [6, 6.07) is 0. The molecule has 0 radical (unpaired) electrons. The molecule has 1 aliphatic rings. The van der Waals surface area contributed by atoms with Crippen molar-refractivity contribution in [3.8, 4) is 0 Å². The summed E-state index contributed by atoms with van der Waals surface area (Å²) in [5.41, 5.74) is -0.104. The third kappa shape index (κ3) is 4.96. The molecule has 90 valence electrons. The average molecular weight is 216 g/mol. The Morgan fingerprint density at radius 3 is 2.67 bits per heavy atom. The maximum absolute atomic E-state index is 9.48. The molecule has 0 saturated heterocycles. The summed E-state index contributed by atoms with van der Waals surface area (Å²) in [7, 11) is 1.73. The molecule has 0 aromatic rings. The lowest BCUT2D eigenvalue weighted by molar-refractivity contribution is -0.0491. The van der Waals surface area contributed by atoms with Crippen molar-refractivity contribution in [1.29, 1.82) is 0 Å². The molecule has 1 fully saturated rings. The monoisotopic (exact) mass is 216 g/mol. The van der Waals surface area contributed by atoms with Gasteiger partial charge in [-0.2, -0.15) is 0 Å². The number of methoxy groups -OCH3 is 1. The van der Waals surface area contributed by atoms with E-state index in [0.29, 0.717) is 0 Å². The minimum atomic E-state index is -0.154. The molecule has 3 heteroatoms. The Kier molecular flexibility index (Phi) is 5.03. The van der Waals surface area contributed by atoms with Crippen LogP contribution < -0.4 is 0 Å². The minimum Gasteiger partial charge on any atom is -0.393 e. The first-order chi connectivity index (χ1) is 7.03. The van der Waals surface area contributed by atoms with E-state index in [1.165, 1.54) is 0 Å². The highest BCUT2D eigenvalue weighted by atomic mass is 16.5. The van der Waals surface area contributed by atoms with E-state index in [2.05, 4.69) is 13.8 Å². The summed E-state index contributed by atoms with van der Waals surface area (Å²) < 4.78 is 11.1. The summed E-state index contributed by atoms with van der Waals surface area (Å²) in [4.78, 5) is 0. The van der Waals surface area contributed by atoms with Crippen LogP contribution in [-0.4, -0.2) is 36.6 Å². The van der Waals surface area contributed by atoms with Gasteiger partial charge in [0, 0.05) is 13.7 Å². The Morgan fingerprint density at radius 2 is 2.07 bits per heavy atom. The van der Waals surface area contributed by atoms with Crippen LogP contribution in [0.2, 0.25) is 0 Å². The standard InChI is InChI=1S/C12H24O3/c1-12(2,14-3)7-8-15-11-6-4-5-10(13)9-11/h10-11,13H,4-9H2,1-3H3. The van der Waals surface area contributed by atoms with Gasteiger partial charge in [-0.05, 0) is 46.0 Å². The largest absolute Gasteiger partial charge is 0.393 e. The Hall–Kier alpha value is -0.120. The molecule has 0 amide bonds. The maximum atomic E-state index is 9.48. The van der Waals surface area contributed by atoms with Gasteiger partial charge >= 0.3 is 0 Å². The molecule has 2 unspecified atom stereocenters. The molecule has 2 atom stereocenters. The molecule has 15 heavy (non-hydrogen) atoms. The first-order valence-electron chi connectivity index (χ1n) is 5.88. The molecule has 0 spiro atoms. The Bertz CT molecular complexity index is 180. The topological polar surface area (TPSA) is 38.7 Å². The Balaban J connectivity index is 2.14. The first-order valence-corrected chi connectivity index (χ1v) is 5.88. The van der Waals surface area contributed by atoms with Gasteiger partial charge in [-0.3, -0.25) is 0 Å². The number of aliphatic hydroxyl groups is 1. The molecule has 0 aliphatic heterocycles. The second-order valence-electron chi connectivity index (χ2n) is 5.03. The molecule has 0 heterocycles. The summed E-state index contributed by atoms with van der Waals surface area (Å²) in [5, 5.41) is 9.48. The van der Waals surface area contributed by atoms with Crippen LogP contribution in [0, 0.1) is 0 Å². The molecule has 3 nitrogen and oxygen atoms in total. The van der Waals surface area contributed by atoms with E-state index < -0.39 is 0 Å². The van der Waals surface area contributed by atoms with Crippen molar-refractivity contribution in [1.82, 2.24) is 0 Å². The SMILES string of the molecule is COC(C)(C)CCOC1CCCC(O)C1. The van der Waals surface area contributed by atoms with Gasteiger partial charge < -0.3 is 14.6 Å². The van der Waals surface area contributed by atoms with Gasteiger partial charge in [0.1, 0.15) is 0 Å². The van der Waals surface area contributed by atoms with Crippen LogP contribution >= 0.6 is 0 Å². The van der Waals surface area contributed by atoms with E-state index in [9.17, 15) is 5.11 Å². The third-order valence-electron chi connectivity index (χ3n) is 3.21. The van der Waals surface area contributed by atoms with Crippen LogP contribution in [0.15, 0.2) is 0 Å². The lowest BCUT2D eigenvalue weighted by Crippen LogP contribution is -2.29. The van der Waals surface area contributed by atoms with Crippen molar-refractivity contribution in [2.45, 2.75) is 63.8 Å². The third-order valence-corrected chi connectivity index (χ3v) is 3.21. The molecule has 1 aliphatic carbocycles. The zero-order valence-electron chi connectivity index (χ0n) is 10.2. The highest BCUT2D eigenvalue weighted by Crippen LogP contribution is 2.22. The van der Waals surface area contributed by atoms with E-state index in [-0.39, 0.29) is 17.8 Å². The molecule has 0 aromatic heterocycles. The predicted molar refractivity (Wildman–Crippen MR) is 59.9 cm³/mol. The lowest BCUT2D eigenvalue weighted by atomic mass is 9.95. The zero-order chi connectivity index (χ0) is 11.3. The molecular weight excluding hydrogens is 192 g/mol. The molecule has 0 bridgehead atoms. The van der Waals surface area contributed by atoms with Crippen LogP contribution in [0.4, 0.5) is 0 Å². The van der Waals surface area contributed by atoms with E-state index in [0.717, 1.165) is 38.7 Å². The van der Waals surface area contributed by atoms with Crippen molar-refractivity contribution in [3.05, 3.63) is 0 Å². The van der Waals surface area contributed by atoms with Crippen LogP contribution in [-0.2, 0) is 9.47 Å². The van der Waals surface area contributed by atoms with Gasteiger partial charge in [-0.15, -0.1) is 0 Å². The second kappa shape index (κ2) is 5.83. The summed E-state index contributed by atoms with van der Waals surface area (Å²) in [6.45, 7) is 4.84. The van der Waals surface area contributed by atoms with E-state index in [1.54, 1.807) is 7.11 Å². The number of ether oxygens (including phenoxy) is 2. The highest BCUT2D eigenvalue weighted by Gasteiger charge is 2.22. The Labute approximate surface area is 92.8 Å². The van der Waals surface area contributed by atoms with E-state index >= 15 is 0 Å². The fourth-order valence-electron chi connectivity index (χ4n) is 1.85. The highest BCUT2D eigenvalue weighted by molar-refractivity contribution is 4.73. The number of rotatable bonds is 5. The van der Waals surface area contributed by atoms with Crippen LogP contribution in [0.1, 0.15) is 46.0 Å². The van der Waals surface area contributed by atoms with Gasteiger partial charge in [0.2, 0.25) is 0 Å². The van der Waals surface area contributed by atoms with Gasteiger partial charge in [-0.1, -0.05) is 0 Å². The van der Waals surface area contributed by atoms with Gasteiger partial charge in [-0.25, -0.2) is 0 Å². The van der Waals surface area contributed by atoms with Crippen molar-refractivity contribution in [3.63, 3.8) is 0 Å². The minimum absolute atomic E-state index is 0.104. The quantitative estimate of drug-likeness (QED) is 0.765. The van der Waals surface area contributed by atoms with Crippen molar-refractivity contribution >= 4 is 0 Å². The molecule has 1 saturated carbocycles. The fourth-order valence-corrected chi connectivity index (χ4v) is 1.85. The van der Waals surface area contributed by atoms with E-state index in [1.807, 2.05) is 0 Å². The predicted octanol–water partition coefficient (Wildman–Crippen LogP) is 2.12. The zero-order valence-corrected chi connectivity index (χ0v) is 10.2. The molecule has 0 aromatic carbocycles. The number of aliphatic hydroxyl groups excluding tert-OH is 1. The van der Waals surface area contributed by atoms with Crippen LogP contribution in [0.25, 0.3) is 0 Å². The first kappa shape index (κ1) is 12.9.